The summed E-state index contributed by atoms with van der Waals surface area (Å²) < 4.78 is 18.1. The molecule has 6 nitrogen and oxygen atoms in total. The summed E-state index contributed by atoms with van der Waals surface area (Å²) in [5, 5.41) is 0.518. The van der Waals surface area contributed by atoms with E-state index in [1.165, 1.54) is 0 Å². The lowest BCUT2D eigenvalue weighted by Crippen LogP contribution is -1.85. The van der Waals surface area contributed by atoms with E-state index in [9.17, 15) is 9.59 Å². The van der Waals surface area contributed by atoms with Crippen LogP contribution >= 0.6 is 15.9 Å². The molecule has 94 valence electrons. The average Bonchev–Trinajstić information content (AvgIpc) is 2.70. The van der Waals surface area contributed by atoms with Crippen molar-refractivity contribution in [2.45, 2.75) is 26.1 Å². The fraction of sp³-hybridized carbons (Fsp3) is 0.400. The van der Waals surface area contributed by atoms with Gasteiger partial charge in [-0.05, 0) is 20.8 Å². The van der Waals surface area contributed by atoms with Crippen molar-refractivity contribution in [1.82, 2.24) is 0 Å². The summed E-state index contributed by atoms with van der Waals surface area (Å²) in [6, 6.07) is 0. The van der Waals surface area contributed by atoms with E-state index in [-0.39, 0.29) is 0 Å². The Labute approximate surface area is 104 Å². The first-order chi connectivity index (χ1) is 7.93. The number of hydrogen-bond donors (Lipinski definition) is 0. The molecule has 0 unspecified atom stereocenters. The monoisotopic (exact) mass is 306 g/mol. The zero-order valence-corrected chi connectivity index (χ0v) is 11.1. The largest absolute Gasteiger partial charge is 0.519 e. The van der Waals surface area contributed by atoms with E-state index in [2.05, 4.69) is 33.6 Å². The molecular weight excluding hydrogens is 296 g/mol. The van der Waals surface area contributed by atoms with Gasteiger partial charge in [0.15, 0.2) is 5.76 Å². The second-order valence-electron chi connectivity index (χ2n) is 3.13. The fourth-order valence-electron chi connectivity index (χ4n) is 0.911. The van der Waals surface area contributed by atoms with E-state index >= 15 is 0 Å². The van der Waals surface area contributed by atoms with Gasteiger partial charge in [0, 0.05) is 0 Å². The van der Waals surface area contributed by atoms with Crippen LogP contribution in [0.2, 0.25) is 0 Å². The lowest BCUT2D eigenvalue weighted by Gasteiger charge is -1.81. The highest BCUT2D eigenvalue weighted by Gasteiger charge is 2.04. The summed E-state index contributed by atoms with van der Waals surface area (Å²) in [7, 11) is 0. The van der Waals surface area contributed by atoms with Crippen LogP contribution in [0.3, 0.4) is 0 Å². The van der Waals surface area contributed by atoms with Gasteiger partial charge < -0.3 is 17.7 Å². The highest BCUT2D eigenvalue weighted by atomic mass is 79.9. The molecule has 0 fully saturated rings. The Bertz CT molecular complexity index is 562. The maximum atomic E-state index is 10.3. The summed E-state index contributed by atoms with van der Waals surface area (Å²) in [5.41, 5.74) is 0. The Morgan fingerprint density at radius 2 is 1.24 bits per heavy atom. The Kier molecular flexibility index (Phi) is 4.56. The minimum absolute atomic E-state index is 0.518. The Morgan fingerprint density at radius 3 is 1.41 bits per heavy atom. The van der Waals surface area contributed by atoms with E-state index in [1.54, 1.807) is 20.8 Å². The smallest absolute Gasteiger partial charge is 0.396 e. The number of aryl methyl sites for hydroxylation is 3. The van der Waals surface area contributed by atoms with Gasteiger partial charge in [0.05, 0.1) is 5.33 Å². The predicted molar refractivity (Wildman–Crippen MR) is 61.3 cm³/mol. The normalized spacial score (nSPS) is 9.88. The van der Waals surface area contributed by atoms with Gasteiger partial charge in [0.1, 0.15) is 17.3 Å². The van der Waals surface area contributed by atoms with Gasteiger partial charge in [-0.2, -0.15) is 0 Å². The third-order valence-electron chi connectivity index (χ3n) is 1.93. The van der Waals surface area contributed by atoms with E-state index in [0.29, 0.717) is 28.4 Å². The van der Waals surface area contributed by atoms with Crippen molar-refractivity contribution in [2.24, 2.45) is 0 Å². The molecule has 2 rings (SSSR count). The summed E-state index contributed by atoms with van der Waals surface area (Å²) in [6.07, 6.45) is 0. The standard InChI is InChI=1S/C5H5BrO3.C5H6O3/c1-3-4(2-6)9-5(7)8-3;1-3-4(2)8-5(6)7-3/h2H2,1H3;1-2H3. The van der Waals surface area contributed by atoms with Crippen LogP contribution in [0.15, 0.2) is 27.3 Å². The molecule has 7 heteroatoms. The Morgan fingerprint density at radius 1 is 0.824 bits per heavy atom. The fourth-order valence-corrected chi connectivity index (χ4v) is 1.42. The van der Waals surface area contributed by atoms with Crippen LogP contribution in [0.4, 0.5) is 0 Å². The molecule has 2 heterocycles. The molecule has 0 aromatic carbocycles. The Balaban J connectivity index is 0.000000171. The first kappa shape index (κ1) is 13.6. The third-order valence-corrected chi connectivity index (χ3v) is 2.43. The molecule has 0 bridgehead atoms. The number of rotatable bonds is 1. The zero-order valence-electron chi connectivity index (χ0n) is 9.53. The van der Waals surface area contributed by atoms with Gasteiger partial charge in [-0.1, -0.05) is 15.9 Å². The molecular formula is C10H11BrO6. The van der Waals surface area contributed by atoms with Crippen molar-refractivity contribution in [3.05, 3.63) is 44.3 Å². The lowest BCUT2D eigenvalue weighted by molar-refractivity contribution is 0.372. The van der Waals surface area contributed by atoms with Crippen LogP contribution < -0.4 is 11.6 Å². The lowest BCUT2D eigenvalue weighted by atomic mass is 10.4. The van der Waals surface area contributed by atoms with Gasteiger partial charge in [-0.15, -0.1) is 0 Å². The zero-order chi connectivity index (χ0) is 13.0. The van der Waals surface area contributed by atoms with Crippen LogP contribution in [-0.2, 0) is 5.33 Å². The van der Waals surface area contributed by atoms with E-state index < -0.39 is 11.6 Å². The van der Waals surface area contributed by atoms with Crippen LogP contribution in [0.5, 0.6) is 0 Å². The molecule has 0 aliphatic rings. The van der Waals surface area contributed by atoms with Crippen molar-refractivity contribution < 1.29 is 17.7 Å². The minimum atomic E-state index is -0.637. The van der Waals surface area contributed by atoms with Crippen molar-refractivity contribution in [1.29, 1.82) is 0 Å². The maximum absolute atomic E-state index is 10.3. The maximum Gasteiger partial charge on any atom is 0.519 e. The van der Waals surface area contributed by atoms with E-state index in [1.807, 2.05) is 0 Å². The van der Waals surface area contributed by atoms with Gasteiger partial charge in [-0.3, -0.25) is 0 Å². The van der Waals surface area contributed by atoms with Gasteiger partial charge in [-0.25, -0.2) is 9.59 Å². The molecule has 0 aliphatic carbocycles. The molecule has 0 atom stereocenters. The summed E-state index contributed by atoms with van der Waals surface area (Å²) >= 11 is 3.13. The average molecular weight is 307 g/mol. The SMILES string of the molecule is Cc1oc(=O)oc1C.Cc1oc(=O)oc1CBr. The molecule has 0 N–H and O–H groups in total. The van der Waals surface area contributed by atoms with E-state index in [0.717, 1.165) is 0 Å². The van der Waals surface area contributed by atoms with Gasteiger partial charge in [0.25, 0.3) is 0 Å². The van der Waals surface area contributed by atoms with Crippen LogP contribution in [-0.4, -0.2) is 0 Å². The van der Waals surface area contributed by atoms with Crippen LogP contribution in [0.1, 0.15) is 23.0 Å². The predicted octanol–water partition coefficient (Wildman–Crippen LogP) is 2.29. The molecule has 0 saturated heterocycles. The minimum Gasteiger partial charge on any atom is -0.396 e. The molecule has 17 heavy (non-hydrogen) atoms. The topological polar surface area (TPSA) is 86.7 Å². The van der Waals surface area contributed by atoms with Crippen molar-refractivity contribution in [3.63, 3.8) is 0 Å². The van der Waals surface area contributed by atoms with Crippen LogP contribution in [0.25, 0.3) is 0 Å². The number of halogens is 1. The number of alkyl halides is 1. The molecule has 0 saturated carbocycles. The van der Waals surface area contributed by atoms with Crippen molar-refractivity contribution in [3.8, 4) is 0 Å². The number of hydrogen-bond acceptors (Lipinski definition) is 6. The van der Waals surface area contributed by atoms with Crippen molar-refractivity contribution >= 4 is 15.9 Å². The molecule has 0 spiro atoms. The molecule has 2 aromatic heterocycles. The Hall–Kier alpha value is -1.50. The van der Waals surface area contributed by atoms with Gasteiger partial charge >= 0.3 is 11.6 Å². The molecule has 0 aliphatic heterocycles. The van der Waals surface area contributed by atoms with Crippen molar-refractivity contribution in [2.75, 3.05) is 0 Å². The summed E-state index contributed by atoms with van der Waals surface area (Å²) in [5.74, 6) is 0.934. The first-order valence-electron chi connectivity index (χ1n) is 4.66. The van der Waals surface area contributed by atoms with E-state index in [4.69, 9.17) is 0 Å². The summed E-state index contributed by atoms with van der Waals surface area (Å²) in [4.78, 5) is 20.5. The third kappa shape index (κ3) is 3.77. The molecule has 0 radical (unpaired) electrons. The second-order valence-corrected chi connectivity index (χ2v) is 3.69. The molecule has 2 aromatic rings. The second kappa shape index (κ2) is 5.72. The quantitative estimate of drug-likeness (QED) is 0.751. The van der Waals surface area contributed by atoms with Crippen LogP contribution in [0, 0.1) is 20.8 Å². The summed E-state index contributed by atoms with van der Waals surface area (Å²) in [6.45, 7) is 5.04. The first-order valence-corrected chi connectivity index (χ1v) is 5.78. The molecule has 0 amide bonds. The highest BCUT2D eigenvalue weighted by molar-refractivity contribution is 9.08. The highest BCUT2D eigenvalue weighted by Crippen LogP contribution is 2.08. The van der Waals surface area contributed by atoms with Gasteiger partial charge in [0.2, 0.25) is 0 Å².